The van der Waals surface area contributed by atoms with Crippen LogP contribution in [0.2, 0.25) is 0 Å². The lowest BCUT2D eigenvalue weighted by molar-refractivity contribution is -0.127. The third kappa shape index (κ3) is 5.38. The normalized spacial score (nSPS) is 11.8. The molecule has 0 saturated heterocycles. The second kappa shape index (κ2) is 8.67. The number of hydrogen-bond acceptors (Lipinski definition) is 3. The SMILES string of the molecule is CCCCCNC(=O)C(C)Oc1c(Br)cccc1C(=O)O. The lowest BCUT2D eigenvalue weighted by Gasteiger charge is -2.17. The van der Waals surface area contributed by atoms with Crippen molar-refractivity contribution in [2.24, 2.45) is 0 Å². The Morgan fingerprint density at radius 3 is 2.71 bits per heavy atom. The van der Waals surface area contributed by atoms with E-state index >= 15 is 0 Å². The minimum atomic E-state index is -1.10. The predicted molar refractivity (Wildman–Crippen MR) is 83.7 cm³/mol. The molecule has 1 aromatic rings. The van der Waals surface area contributed by atoms with E-state index in [2.05, 4.69) is 28.2 Å². The summed E-state index contributed by atoms with van der Waals surface area (Å²) in [4.78, 5) is 23.1. The number of rotatable bonds is 8. The monoisotopic (exact) mass is 357 g/mol. The summed E-state index contributed by atoms with van der Waals surface area (Å²) in [6.45, 7) is 4.29. The number of ether oxygens (including phenoxy) is 1. The van der Waals surface area contributed by atoms with Gasteiger partial charge in [-0.25, -0.2) is 4.79 Å². The zero-order chi connectivity index (χ0) is 15.8. The highest BCUT2D eigenvalue weighted by molar-refractivity contribution is 9.10. The van der Waals surface area contributed by atoms with Gasteiger partial charge in [-0.1, -0.05) is 25.8 Å². The molecule has 0 spiro atoms. The fourth-order valence-electron chi connectivity index (χ4n) is 1.76. The van der Waals surface area contributed by atoms with Gasteiger partial charge in [-0.05, 0) is 41.4 Å². The third-order valence-corrected chi connectivity index (χ3v) is 3.57. The molecule has 1 atom stereocenters. The summed E-state index contributed by atoms with van der Waals surface area (Å²) in [5.74, 6) is -1.18. The summed E-state index contributed by atoms with van der Waals surface area (Å²) in [6, 6.07) is 4.72. The van der Waals surface area contributed by atoms with Crippen molar-refractivity contribution in [1.82, 2.24) is 5.32 Å². The molecular formula is C15H20BrNO4. The molecule has 5 nitrogen and oxygen atoms in total. The number of carbonyl (C=O) groups is 2. The van der Waals surface area contributed by atoms with Crippen LogP contribution in [0.15, 0.2) is 22.7 Å². The fourth-order valence-corrected chi connectivity index (χ4v) is 2.22. The maximum Gasteiger partial charge on any atom is 0.339 e. The van der Waals surface area contributed by atoms with E-state index in [4.69, 9.17) is 9.84 Å². The molecule has 1 rings (SSSR count). The third-order valence-electron chi connectivity index (χ3n) is 2.94. The molecule has 0 bridgehead atoms. The summed E-state index contributed by atoms with van der Waals surface area (Å²) in [6.07, 6.45) is 2.30. The molecule has 6 heteroatoms. The van der Waals surface area contributed by atoms with E-state index in [-0.39, 0.29) is 17.2 Å². The summed E-state index contributed by atoms with van der Waals surface area (Å²) in [5, 5.41) is 11.9. The van der Waals surface area contributed by atoms with E-state index in [1.165, 1.54) is 6.07 Å². The number of carbonyl (C=O) groups excluding carboxylic acids is 1. The topological polar surface area (TPSA) is 75.6 Å². The van der Waals surface area contributed by atoms with E-state index in [9.17, 15) is 9.59 Å². The lowest BCUT2D eigenvalue weighted by Crippen LogP contribution is -2.37. The molecule has 0 saturated carbocycles. The van der Waals surface area contributed by atoms with E-state index < -0.39 is 12.1 Å². The Balaban J connectivity index is 2.68. The maximum absolute atomic E-state index is 11.9. The quantitative estimate of drug-likeness (QED) is 0.700. The number of aromatic carboxylic acids is 1. The molecule has 0 aliphatic heterocycles. The van der Waals surface area contributed by atoms with Gasteiger partial charge in [-0.15, -0.1) is 0 Å². The van der Waals surface area contributed by atoms with Crippen molar-refractivity contribution in [3.63, 3.8) is 0 Å². The van der Waals surface area contributed by atoms with E-state index in [1.807, 2.05) is 0 Å². The standard InChI is InChI=1S/C15H20BrNO4/c1-3-4-5-9-17-14(18)10(2)21-13-11(15(19)20)7-6-8-12(13)16/h6-8,10H,3-5,9H2,1-2H3,(H,17,18)(H,19,20). The first-order valence-corrected chi connectivity index (χ1v) is 7.72. The summed E-state index contributed by atoms with van der Waals surface area (Å²) in [7, 11) is 0. The van der Waals surface area contributed by atoms with Crippen LogP contribution >= 0.6 is 15.9 Å². The molecule has 0 heterocycles. The van der Waals surface area contributed by atoms with Crippen LogP contribution in [0.25, 0.3) is 0 Å². The Bertz CT molecular complexity index is 504. The Morgan fingerprint density at radius 1 is 1.38 bits per heavy atom. The van der Waals surface area contributed by atoms with Crippen LogP contribution < -0.4 is 10.1 Å². The van der Waals surface area contributed by atoms with Gasteiger partial charge in [0.15, 0.2) is 6.10 Å². The highest BCUT2D eigenvalue weighted by atomic mass is 79.9. The number of halogens is 1. The smallest absolute Gasteiger partial charge is 0.339 e. The summed E-state index contributed by atoms with van der Waals surface area (Å²) >= 11 is 3.25. The van der Waals surface area contributed by atoms with Crippen LogP contribution in [0.1, 0.15) is 43.5 Å². The molecule has 2 N–H and O–H groups in total. The Kier molecular flexibility index (Phi) is 7.22. The molecule has 1 aromatic carbocycles. The van der Waals surface area contributed by atoms with Gasteiger partial charge in [-0.3, -0.25) is 4.79 Å². The number of hydrogen-bond donors (Lipinski definition) is 2. The maximum atomic E-state index is 11.9. The molecule has 0 radical (unpaired) electrons. The van der Waals surface area contributed by atoms with Crippen molar-refractivity contribution in [3.8, 4) is 5.75 Å². The number of carboxylic acids is 1. The molecule has 116 valence electrons. The average molecular weight is 358 g/mol. The number of benzene rings is 1. The molecule has 0 aliphatic carbocycles. The first kappa shape index (κ1) is 17.5. The fraction of sp³-hybridized carbons (Fsp3) is 0.467. The van der Waals surface area contributed by atoms with Crippen molar-refractivity contribution in [3.05, 3.63) is 28.2 Å². The molecule has 0 aromatic heterocycles. The number of nitrogens with one attached hydrogen (secondary N) is 1. The van der Waals surface area contributed by atoms with Gasteiger partial charge in [0.1, 0.15) is 11.3 Å². The van der Waals surface area contributed by atoms with Gasteiger partial charge in [0.2, 0.25) is 0 Å². The van der Waals surface area contributed by atoms with Crippen molar-refractivity contribution in [2.75, 3.05) is 6.54 Å². The van der Waals surface area contributed by atoms with Crippen molar-refractivity contribution >= 4 is 27.8 Å². The minimum Gasteiger partial charge on any atom is -0.479 e. The molecule has 0 fully saturated rings. The Labute approximate surface area is 132 Å². The van der Waals surface area contributed by atoms with Crippen molar-refractivity contribution in [2.45, 2.75) is 39.2 Å². The largest absolute Gasteiger partial charge is 0.479 e. The van der Waals surface area contributed by atoms with Crippen molar-refractivity contribution < 1.29 is 19.4 Å². The average Bonchev–Trinajstić information content (AvgIpc) is 2.45. The number of unbranched alkanes of at least 4 members (excludes halogenated alkanes) is 2. The molecule has 1 amide bonds. The molecule has 1 unspecified atom stereocenters. The van der Waals surface area contributed by atoms with Gasteiger partial charge in [0, 0.05) is 6.54 Å². The van der Waals surface area contributed by atoms with Crippen molar-refractivity contribution in [1.29, 1.82) is 0 Å². The van der Waals surface area contributed by atoms with Crippen LogP contribution in [0.3, 0.4) is 0 Å². The Morgan fingerprint density at radius 2 is 2.10 bits per heavy atom. The van der Waals surface area contributed by atoms with E-state index in [0.717, 1.165) is 19.3 Å². The first-order chi connectivity index (χ1) is 9.97. The van der Waals surface area contributed by atoms with Gasteiger partial charge < -0.3 is 15.2 Å². The predicted octanol–water partition coefficient (Wildman–Crippen LogP) is 3.22. The minimum absolute atomic E-state index is 0.0232. The van der Waals surface area contributed by atoms with Crippen LogP contribution in [0.4, 0.5) is 0 Å². The van der Waals surface area contributed by atoms with Crippen LogP contribution in [0.5, 0.6) is 5.75 Å². The van der Waals surface area contributed by atoms with Gasteiger partial charge in [-0.2, -0.15) is 0 Å². The van der Waals surface area contributed by atoms with Crippen LogP contribution in [-0.2, 0) is 4.79 Å². The van der Waals surface area contributed by atoms with Gasteiger partial charge in [0.05, 0.1) is 4.47 Å². The summed E-state index contributed by atoms with van der Waals surface area (Å²) < 4.78 is 6.02. The zero-order valence-electron chi connectivity index (χ0n) is 12.2. The second-order valence-corrected chi connectivity index (χ2v) is 5.53. The van der Waals surface area contributed by atoms with Crippen LogP contribution in [-0.4, -0.2) is 29.6 Å². The zero-order valence-corrected chi connectivity index (χ0v) is 13.8. The number of para-hydroxylation sites is 1. The molecule has 0 aliphatic rings. The lowest BCUT2D eigenvalue weighted by atomic mass is 10.2. The number of amides is 1. The van der Waals surface area contributed by atoms with Gasteiger partial charge >= 0.3 is 5.97 Å². The highest BCUT2D eigenvalue weighted by Gasteiger charge is 2.20. The molecular weight excluding hydrogens is 338 g/mol. The first-order valence-electron chi connectivity index (χ1n) is 6.93. The summed E-state index contributed by atoms with van der Waals surface area (Å²) in [5.41, 5.74) is 0.0232. The Hall–Kier alpha value is -1.56. The van der Waals surface area contributed by atoms with Gasteiger partial charge in [0.25, 0.3) is 5.91 Å². The van der Waals surface area contributed by atoms with Crippen LogP contribution in [0, 0.1) is 0 Å². The van der Waals surface area contributed by atoms with E-state index in [1.54, 1.807) is 19.1 Å². The molecule has 21 heavy (non-hydrogen) atoms. The second-order valence-electron chi connectivity index (χ2n) is 4.68. The highest BCUT2D eigenvalue weighted by Crippen LogP contribution is 2.30. The van der Waals surface area contributed by atoms with E-state index in [0.29, 0.717) is 11.0 Å². The number of carboxylic acid groups (broad SMARTS) is 1.